The number of hydrogen-bond donors (Lipinski definition) is 0. The van der Waals surface area contributed by atoms with Gasteiger partial charge >= 0.3 is 6.55 Å². The highest BCUT2D eigenvalue weighted by Crippen LogP contribution is 2.24. The third-order valence-corrected chi connectivity index (χ3v) is 4.95. The molecule has 0 saturated heterocycles. The molecule has 0 aliphatic carbocycles. The van der Waals surface area contributed by atoms with E-state index in [9.17, 15) is 13.6 Å². The smallest absolute Gasteiger partial charge is 0.287 e. The number of imidazole rings is 1. The molecule has 0 bridgehead atoms. The molecule has 1 aromatic carbocycles. The van der Waals surface area contributed by atoms with Crippen molar-refractivity contribution >= 4 is 38.6 Å². The van der Waals surface area contributed by atoms with Gasteiger partial charge in [-0.05, 0) is 25.1 Å². The molecular weight excluding hydrogens is 402 g/mol. The fourth-order valence-corrected chi connectivity index (χ4v) is 3.70. The monoisotopic (exact) mass is 414 g/mol. The van der Waals surface area contributed by atoms with Crippen LogP contribution in [0.2, 0.25) is 0 Å². The lowest BCUT2D eigenvalue weighted by Gasteiger charge is -2.12. The number of alkyl halides is 2. The van der Waals surface area contributed by atoms with E-state index in [1.54, 1.807) is 12.1 Å². The summed E-state index contributed by atoms with van der Waals surface area (Å²) in [5.41, 5.74) is 0.427. The molecule has 0 saturated carbocycles. The van der Waals surface area contributed by atoms with Gasteiger partial charge in [-0.1, -0.05) is 27.7 Å². The summed E-state index contributed by atoms with van der Waals surface area (Å²) in [4.78, 5) is 21.1. The van der Waals surface area contributed by atoms with Crippen molar-refractivity contribution in [1.82, 2.24) is 19.1 Å². The van der Waals surface area contributed by atoms with Gasteiger partial charge in [-0.25, -0.2) is 9.97 Å². The summed E-state index contributed by atoms with van der Waals surface area (Å²) in [6.45, 7) is -0.352. The maximum atomic E-state index is 12.9. The molecule has 2 aromatic heterocycles. The van der Waals surface area contributed by atoms with Gasteiger partial charge in [-0.3, -0.25) is 13.9 Å². The molecule has 0 atom stereocenters. The lowest BCUT2D eigenvalue weighted by molar-refractivity contribution is 0.0678. The summed E-state index contributed by atoms with van der Waals surface area (Å²) in [6, 6.07) is 5.29. The van der Waals surface area contributed by atoms with Gasteiger partial charge in [-0.15, -0.1) is 0 Å². The zero-order valence-electron chi connectivity index (χ0n) is 12.6. The van der Waals surface area contributed by atoms with E-state index < -0.39 is 6.55 Å². The van der Waals surface area contributed by atoms with Gasteiger partial charge in [-0.2, -0.15) is 8.78 Å². The first-order chi connectivity index (χ1) is 11.5. The van der Waals surface area contributed by atoms with Crippen LogP contribution in [0, 0.1) is 0 Å². The van der Waals surface area contributed by atoms with Gasteiger partial charge in [0.1, 0.15) is 5.82 Å². The Balaban J connectivity index is 1.98. The highest BCUT2D eigenvalue weighted by molar-refractivity contribution is 9.10. The normalized spacial score (nSPS) is 11.5. The van der Waals surface area contributed by atoms with Crippen molar-refractivity contribution in [2.75, 3.05) is 0 Å². The Bertz CT molecular complexity index is 941. The van der Waals surface area contributed by atoms with Crippen LogP contribution in [0.4, 0.5) is 8.78 Å². The Labute approximate surface area is 148 Å². The quantitative estimate of drug-likeness (QED) is 0.466. The van der Waals surface area contributed by atoms with Crippen LogP contribution < -0.4 is 5.56 Å². The SMILES string of the molecule is CCn1c(SCc2nccn2C(F)F)nc2ccc(Br)cc2c1=O. The van der Waals surface area contributed by atoms with Gasteiger partial charge in [0.05, 0.1) is 16.7 Å². The second-order valence-electron chi connectivity index (χ2n) is 4.92. The maximum absolute atomic E-state index is 12.9. The molecule has 0 aliphatic heterocycles. The van der Waals surface area contributed by atoms with Gasteiger partial charge < -0.3 is 0 Å². The van der Waals surface area contributed by atoms with E-state index in [0.717, 1.165) is 9.04 Å². The lowest BCUT2D eigenvalue weighted by atomic mass is 10.2. The maximum Gasteiger partial charge on any atom is 0.319 e. The topological polar surface area (TPSA) is 52.7 Å². The summed E-state index contributed by atoms with van der Waals surface area (Å²) in [5, 5.41) is 1.01. The van der Waals surface area contributed by atoms with Crippen molar-refractivity contribution in [1.29, 1.82) is 0 Å². The van der Waals surface area contributed by atoms with Crippen LogP contribution >= 0.6 is 27.7 Å². The zero-order valence-corrected chi connectivity index (χ0v) is 15.0. The van der Waals surface area contributed by atoms with Crippen molar-refractivity contribution in [2.45, 2.75) is 30.9 Å². The largest absolute Gasteiger partial charge is 0.319 e. The Hall–Kier alpha value is -1.74. The van der Waals surface area contributed by atoms with E-state index in [0.29, 0.717) is 22.6 Å². The molecule has 0 radical (unpaired) electrons. The third-order valence-electron chi connectivity index (χ3n) is 3.49. The van der Waals surface area contributed by atoms with Crippen LogP contribution in [0.15, 0.2) is 45.0 Å². The van der Waals surface area contributed by atoms with Crippen LogP contribution in [0.5, 0.6) is 0 Å². The van der Waals surface area contributed by atoms with Crippen LogP contribution in [-0.4, -0.2) is 19.1 Å². The van der Waals surface area contributed by atoms with E-state index in [1.807, 2.05) is 13.0 Å². The van der Waals surface area contributed by atoms with Crippen molar-refractivity contribution < 1.29 is 8.78 Å². The van der Waals surface area contributed by atoms with Gasteiger partial charge in [0.25, 0.3) is 5.56 Å². The van der Waals surface area contributed by atoms with E-state index in [-0.39, 0.29) is 17.1 Å². The Morgan fingerprint density at radius 3 is 2.88 bits per heavy atom. The zero-order chi connectivity index (χ0) is 17.3. The average Bonchev–Trinajstić information content (AvgIpc) is 3.02. The first-order valence-electron chi connectivity index (χ1n) is 7.14. The fourth-order valence-electron chi connectivity index (χ4n) is 2.32. The molecule has 0 spiro atoms. The number of nitrogens with zero attached hydrogens (tertiary/aromatic N) is 4. The molecule has 0 amide bonds. The average molecular weight is 415 g/mol. The molecule has 0 aliphatic rings. The summed E-state index contributed by atoms with van der Waals surface area (Å²) < 4.78 is 28.9. The van der Waals surface area contributed by atoms with Crippen LogP contribution in [0.3, 0.4) is 0 Å². The molecule has 2 heterocycles. The Kier molecular flexibility index (Phi) is 5.00. The minimum Gasteiger partial charge on any atom is -0.287 e. The Morgan fingerprint density at radius 1 is 1.38 bits per heavy atom. The predicted octanol–water partition coefficient (Wildman–Crippen LogP) is 4.06. The van der Waals surface area contributed by atoms with Gasteiger partial charge in [0.2, 0.25) is 0 Å². The number of benzene rings is 1. The molecule has 0 unspecified atom stereocenters. The standard InChI is InChI=1S/C15H13BrF2N4OS/c1-2-21-13(23)10-7-9(16)3-4-11(10)20-15(21)24-8-12-19-5-6-22(12)14(17)18/h3-7,14H,2,8H2,1H3. The second kappa shape index (κ2) is 7.02. The van der Waals surface area contributed by atoms with Crippen molar-refractivity contribution in [3.8, 4) is 0 Å². The number of thioether (sulfide) groups is 1. The summed E-state index contributed by atoms with van der Waals surface area (Å²) in [7, 11) is 0. The molecule has 24 heavy (non-hydrogen) atoms. The first-order valence-corrected chi connectivity index (χ1v) is 8.92. The van der Waals surface area contributed by atoms with Crippen molar-refractivity contribution in [2.24, 2.45) is 0 Å². The molecule has 9 heteroatoms. The Morgan fingerprint density at radius 2 is 2.17 bits per heavy atom. The van der Waals surface area contributed by atoms with Gasteiger partial charge in [0.15, 0.2) is 5.16 Å². The fraction of sp³-hybridized carbons (Fsp3) is 0.267. The van der Waals surface area contributed by atoms with Gasteiger partial charge in [0, 0.05) is 23.4 Å². The number of halogens is 3. The van der Waals surface area contributed by atoms with E-state index in [4.69, 9.17) is 0 Å². The van der Waals surface area contributed by atoms with E-state index >= 15 is 0 Å². The highest BCUT2D eigenvalue weighted by Gasteiger charge is 2.15. The highest BCUT2D eigenvalue weighted by atomic mass is 79.9. The minimum atomic E-state index is -2.64. The molecule has 126 valence electrons. The van der Waals surface area contributed by atoms with Crippen molar-refractivity contribution in [3.63, 3.8) is 0 Å². The number of rotatable bonds is 5. The molecule has 0 N–H and O–H groups in total. The third kappa shape index (κ3) is 3.23. The first kappa shape index (κ1) is 17.1. The van der Waals surface area contributed by atoms with E-state index in [1.165, 1.54) is 28.7 Å². The molecular formula is C15H13BrF2N4OS. The lowest BCUT2D eigenvalue weighted by Crippen LogP contribution is -2.22. The number of aromatic nitrogens is 4. The van der Waals surface area contributed by atoms with Crippen LogP contribution in [0.25, 0.3) is 10.9 Å². The summed E-state index contributed by atoms with van der Waals surface area (Å²) in [5.74, 6) is 0.439. The molecule has 3 rings (SSSR count). The summed E-state index contributed by atoms with van der Waals surface area (Å²) >= 11 is 4.56. The molecule has 0 fully saturated rings. The summed E-state index contributed by atoms with van der Waals surface area (Å²) in [6.07, 6.45) is 2.57. The molecule has 5 nitrogen and oxygen atoms in total. The number of fused-ring (bicyclic) bond motifs is 1. The van der Waals surface area contributed by atoms with Crippen molar-refractivity contribution in [3.05, 3.63) is 51.2 Å². The number of hydrogen-bond acceptors (Lipinski definition) is 4. The predicted molar refractivity (Wildman–Crippen MR) is 92.4 cm³/mol. The van der Waals surface area contributed by atoms with E-state index in [2.05, 4.69) is 25.9 Å². The van der Waals surface area contributed by atoms with Crippen LogP contribution in [-0.2, 0) is 12.3 Å². The minimum absolute atomic E-state index is 0.150. The second-order valence-corrected chi connectivity index (χ2v) is 6.78. The van der Waals surface area contributed by atoms with Crippen LogP contribution in [0.1, 0.15) is 19.3 Å². The molecule has 3 aromatic rings.